The average Bonchev–Trinajstić information content (AvgIpc) is 3.05. The van der Waals surface area contributed by atoms with Crippen LogP contribution >= 0.6 is 0 Å². The Bertz CT molecular complexity index is 546. The third kappa shape index (κ3) is 2.64. The number of nitrogens with two attached hydrogens (primary N) is 1. The second kappa shape index (κ2) is 5.02. The third-order valence-electron chi connectivity index (χ3n) is 3.50. The first kappa shape index (κ1) is 14.4. The summed E-state index contributed by atoms with van der Waals surface area (Å²) >= 11 is 0. The molecule has 2 aliphatic heterocycles. The van der Waals surface area contributed by atoms with Gasteiger partial charge >= 0.3 is 0 Å². The van der Waals surface area contributed by atoms with Gasteiger partial charge in [-0.25, -0.2) is 4.68 Å². The van der Waals surface area contributed by atoms with Gasteiger partial charge in [0.25, 0.3) is 5.91 Å². The maximum absolute atomic E-state index is 11.0. The molecule has 0 radical (unpaired) electrons. The van der Waals surface area contributed by atoms with Crippen LogP contribution < -0.4 is 5.73 Å². The SMILES string of the molecule is CO[C@@H]1O[C@H](Cn2cc(C(N)=O)nn2)[C@H]2OC(C)(C)O[C@@H]12. The minimum absolute atomic E-state index is 0.108. The zero-order valence-electron chi connectivity index (χ0n) is 12.1. The summed E-state index contributed by atoms with van der Waals surface area (Å²) < 4.78 is 24.2. The summed E-state index contributed by atoms with van der Waals surface area (Å²) in [6, 6.07) is 0. The number of methoxy groups -OCH3 is 1. The fourth-order valence-electron chi connectivity index (χ4n) is 2.66. The molecular formula is C12H18N4O5. The molecule has 2 saturated heterocycles. The molecule has 116 valence electrons. The summed E-state index contributed by atoms with van der Waals surface area (Å²) in [6.45, 7) is 4.05. The predicted octanol–water partition coefficient (Wildman–Crippen LogP) is -0.732. The Hall–Kier alpha value is -1.55. The van der Waals surface area contributed by atoms with Gasteiger partial charge in [-0.2, -0.15) is 0 Å². The van der Waals surface area contributed by atoms with Crippen molar-refractivity contribution in [3.63, 3.8) is 0 Å². The summed E-state index contributed by atoms with van der Waals surface area (Å²) in [6.07, 6.45) is 0.0901. The fraction of sp³-hybridized carbons (Fsp3) is 0.750. The monoisotopic (exact) mass is 298 g/mol. The molecular weight excluding hydrogens is 280 g/mol. The van der Waals surface area contributed by atoms with E-state index in [0.717, 1.165) is 0 Å². The van der Waals surface area contributed by atoms with Crippen molar-refractivity contribution in [3.8, 4) is 0 Å². The molecule has 0 aliphatic carbocycles. The molecule has 2 aliphatic rings. The highest BCUT2D eigenvalue weighted by molar-refractivity contribution is 5.90. The molecule has 9 nitrogen and oxygen atoms in total. The largest absolute Gasteiger partial charge is 0.364 e. The molecule has 4 atom stereocenters. The van der Waals surface area contributed by atoms with E-state index >= 15 is 0 Å². The van der Waals surface area contributed by atoms with Crippen molar-refractivity contribution in [1.29, 1.82) is 0 Å². The van der Waals surface area contributed by atoms with Crippen molar-refractivity contribution in [2.45, 2.75) is 50.8 Å². The normalized spacial score (nSPS) is 34.0. The number of carbonyl (C=O) groups excluding carboxylic acids is 1. The minimum atomic E-state index is -0.686. The van der Waals surface area contributed by atoms with Crippen LogP contribution in [0.2, 0.25) is 0 Å². The lowest BCUT2D eigenvalue weighted by Crippen LogP contribution is -2.33. The number of carbonyl (C=O) groups is 1. The van der Waals surface area contributed by atoms with E-state index in [-0.39, 0.29) is 24.0 Å². The zero-order valence-corrected chi connectivity index (χ0v) is 12.1. The molecule has 1 amide bonds. The van der Waals surface area contributed by atoms with E-state index in [4.69, 9.17) is 24.7 Å². The van der Waals surface area contributed by atoms with E-state index < -0.39 is 18.0 Å². The number of ether oxygens (including phenoxy) is 4. The summed E-state index contributed by atoms with van der Waals surface area (Å²) in [7, 11) is 1.56. The van der Waals surface area contributed by atoms with Crippen molar-refractivity contribution in [2.75, 3.05) is 7.11 Å². The Morgan fingerprint density at radius 1 is 1.48 bits per heavy atom. The molecule has 9 heteroatoms. The summed E-state index contributed by atoms with van der Waals surface area (Å²) in [5, 5.41) is 7.54. The average molecular weight is 298 g/mol. The van der Waals surface area contributed by atoms with E-state index in [1.807, 2.05) is 13.8 Å². The van der Waals surface area contributed by atoms with Gasteiger partial charge in [0.05, 0.1) is 12.7 Å². The first-order chi connectivity index (χ1) is 9.89. The molecule has 0 aromatic carbocycles. The van der Waals surface area contributed by atoms with Crippen LogP contribution in [0, 0.1) is 0 Å². The summed E-state index contributed by atoms with van der Waals surface area (Å²) in [5.41, 5.74) is 5.26. The molecule has 3 rings (SSSR count). The van der Waals surface area contributed by atoms with Gasteiger partial charge in [-0.05, 0) is 13.8 Å². The van der Waals surface area contributed by atoms with Gasteiger partial charge in [-0.15, -0.1) is 5.10 Å². The molecule has 1 aromatic heterocycles. The van der Waals surface area contributed by atoms with Gasteiger partial charge in [-0.3, -0.25) is 4.79 Å². The first-order valence-electron chi connectivity index (χ1n) is 6.63. The number of aromatic nitrogens is 3. The van der Waals surface area contributed by atoms with Crippen LogP contribution in [0.25, 0.3) is 0 Å². The molecule has 0 saturated carbocycles. The molecule has 0 bridgehead atoms. The van der Waals surface area contributed by atoms with E-state index in [9.17, 15) is 4.79 Å². The number of rotatable bonds is 4. The number of nitrogens with zero attached hydrogens (tertiary/aromatic N) is 3. The standard InChI is InChI=1S/C12H18N4O5/c1-12(2)20-8-7(19-11(18-3)9(8)21-12)5-16-4-6(10(13)17)14-15-16/h4,7-9,11H,5H2,1-3H3,(H2,13,17)/t7-,8-,9-,11-/m1/s1. The number of primary amides is 1. The number of hydrogen-bond donors (Lipinski definition) is 1. The van der Waals surface area contributed by atoms with Crippen molar-refractivity contribution in [3.05, 3.63) is 11.9 Å². The van der Waals surface area contributed by atoms with Crippen molar-refractivity contribution < 1.29 is 23.7 Å². The Morgan fingerprint density at radius 3 is 2.81 bits per heavy atom. The lowest BCUT2D eigenvalue weighted by molar-refractivity contribution is -0.228. The number of fused-ring (bicyclic) bond motifs is 1. The highest BCUT2D eigenvalue weighted by Gasteiger charge is 2.55. The molecule has 0 unspecified atom stereocenters. The van der Waals surface area contributed by atoms with Crippen LogP contribution in [-0.2, 0) is 25.5 Å². The van der Waals surface area contributed by atoms with Crippen LogP contribution in [0.3, 0.4) is 0 Å². The zero-order chi connectivity index (χ0) is 15.2. The Balaban J connectivity index is 1.74. The number of hydrogen-bond acceptors (Lipinski definition) is 7. The predicted molar refractivity (Wildman–Crippen MR) is 68.0 cm³/mol. The number of amides is 1. The van der Waals surface area contributed by atoms with Crippen LogP contribution in [0.15, 0.2) is 6.20 Å². The highest BCUT2D eigenvalue weighted by Crippen LogP contribution is 2.39. The van der Waals surface area contributed by atoms with Crippen LogP contribution in [-0.4, -0.2) is 58.4 Å². The second-order valence-electron chi connectivity index (χ2n) is 5.53. The third-order valence-corrected chi connectivity index (χ3v) is 3.50. The van der Waals surface area contributed by atoms with Crippen molar-refractivity contribution in [1.82, 2.24) is 15.0 Å². The lowest BCUT2D eigenvalue weighted by atomic mass is 10.1. The van der Waals surface area contributed by atoms with E-state index in [1.54, 1.807) is 7.11 Å². The second-order valence-corrected chi connectivity index (χ2v) is 5.53. The smallest absolute Gasteiger partial charge is 0.270 e. The summed E-state index contributed by atoms with van der Waals surface area (Å²) in [4.78, 5) is 11.0. The summed E-state index contributed by atoms with van der Waals surface area (Å²) in [5.74, 6) is -1.31. The fourth-order valence-corrected chi connectivity index (χ4v) is 2.66. The van der Waals surface area contributed by atoms with Crippen molar-refractivity contribution in [2.24, 2.45) is 5.73 Å². The molecule has 0 spiro atoms. The van der Waals surface area contributed by atoms with Crippen LogP contribution in [0.4, 0.5) is 0 Å². The topological polar surface area (TPSA) is 111 Å². The van der Waals surface area contributed by atoms with Gasteiger partial charge in [0.15, 0.2) is 17.8 Å². The van der Waals surface area contributed by atoms with Gasteiger partial charge in [0, 0.05) is 7.11 Å². The Morgan fingerprint density at radius 2 is 2.19 bits per heavy atom. The van der Waals surface area contributed by atoms with Crippen molar-refractivity contribution >= 4 is 5.91 Å². The van der Waals surface area contributed by atoms with Crippen LogP contribution in [0.5, 0.6) is 0 Å². The van der Waals surface area contributed by atoms with Crippen LogP contribution in [0.1, 0.15) is 24.3 Å². The lowest BCUT2D eigenvalue weighted by Gasteiger charge is -2.23. The molecule has 1 aromatic rings. The quantitative estimate of drug-likeness (QED) is 0.780. The van der Waals surface area contributed by atoms with Gasteiger partial charge in [0.1, 0.15) is 18.3 Å². The first-order valence-corrected chi connectivity index (χ1v) is 6.63. The van der Waals surface area contributed by atoms with E-state index in [0.29, 0.717) is 6.54 Å². The van der Waals surface area contributed by atoms with E-state index in [2.05, 4.69) is 10.3 Å². The van der Waals surface area contributed by atoms with Gasteiger partial charge in [0.2, 0.25) is 0 Å². The highest BCUT2D eigenvalue weighted by atomic mass is 16.8. The van der Waals surface area contributed by atoms with E-state index in [1.165, 1.54) is 10.9 Å². The molecule has 2 fully saturated rings. The maximum atomic E-state index is 11.0. The minimum Gasteiger partial charge on any atom is -0.364 e. The maximum Gasteiger partial charge on any atom is 0.270 e. The molecule has 21 heavy (non-hydrogen) atoms. The molecule has 2 N–H and O–H groups in total. The van der Waals surface area contributed by atoms with Gasteiger partial charge in [-0.1, -0.05) is 5.21 Å². The van der Waals surface area contributed by atoms with Gasteiger partial charge < -0.3 is 24.7 Å². The molecule has 3 heterocycles. The Kier molecular flexibility index (Phi) is 3.44. The Labute approximate surface area is 121 Å².